The Labute approximate surface area is 221 Å². The minimum Gasteiger partial charge on any atom is -0.329 e. The van der Waals surface area contributed by atoms with Crippen molar-refractivity contribution < 1.29 is 14.5 Å². The van der Waals surface area contributed by atoms with Crippen molar-refractivity contribution in [2.24, 2.45) is 0 Å². The lowest BCUT2D eigenvalue weighted by atomic mass is 9.92. The first-order chi connectivity index (χ1) is 17.5. The molecule has 0 aliphatic carbocycles. The summed E-state index contributed by atoms with van der Waals surface area (Å²) in [5.74, 6) is -0.309. The normalized spacial score (nSPS) is 11.3. The van der Waals surface area contributed by atoms with E-state index in [1.165, 1.54) is 29.2 Å². The Morgan fingerprint density at radius 3 is 2.38 bits per heavy atom. The highest BCUT2D eigenvalue weighted by Crippen LogP contribution is 2.29. The van der Waals surface area contributed by atoms with E-state index in [1.54, 1.807) is 16.8 Å². The number of unbranched alkanes of at least 4 members (excludes halogenated alkanes) is 2. The Morgan fingerprint density at radius 2 is 1.78 bits per heavy atom. The van der Waals surface area contributed by atoms with Gasteiger partial charge in [0.15, 0.2) is 0 Å². The number of hydrogen-bond acceptors (Lipinski definition) is 5. The van der Waals surface area contributed by atoms with Gasteiger partial charge in [-0.3, -0.25) is 19.7 Å². The molecule has 0 radical (unpaired) electrons. The monoisotopic (exact) mass is 525 g/mol. The number of nitrogens with one attached hydrogen (secondary N) is 1. The number of nitro groups is 1. The lowest BCUT2D eigenvalue weighted by Gasteiger charge is -2.22. The van der Waals surface area contributed by atoms with Gasteiger partial charge in [0.1, 0.15) is 12.4 Å². The van der Waals surface area contributed by atoms with Crippen molar-refractivity contribution in [3.63, 3.8) is 0 Å². The quantitative estimate of drug-likeness (QED) is 0.198. The third-order valence-electron chi connectivity index (χ3n) is 5.80. The number of hydrogen-bond donors (Lipinski definition) is 1. The van der Waals surface area contributed by atoms with E-state index in [4.69, 9.17) is 16.7 Å². The van der Waals surface area contributed by atoms with E-state index in [1.807, 2.05) is 39.0 Å². The van der Waals surface area contributed by atoms with Gasteiger partial charge in [-0.25, -0.2) is 4.68 Å². The molecule has 0 aliphatic heterocycles. The summed E-state index contributed by atoms with van der Waals surface area (Å²) in [6.07, 6.45) is 2.59. The Balaban J connectivity index is 1.86. The number of aromatic nitrogens is 2. The van der Waals surface area contributed by atoms with Crippen molar-refractivity contribution >= 4 is 34.9 Å². The first-order valence-corrected chi connectivity index (χ1v) is 12.6. The fourth-order valence-corrected chi connectivity index (χ4v) is 3.93. The van der Waals surface area contributed by atoms with E-state index >= 15 is 0 Å². The maximum atomic E-state index is 13.2. The molecule has 196 valence electrons. The van der Waals surface area contributed by atoms with E-state index in [0.717, 1.165) is 25.0 Å². The molecule has 3 aromatic rings. The van der Waals surface area contributed by atoms with Gasteiger partial charge in [-0.1, -0.05) is 64.3 Å². The van der Waals surface area contributed by atoms with Crippen molar-refractivity contribution in [3.05, 3.63) is 81.0 Å². The average molecular weight is 526 g/mol. The Hall–Kier alpha value is -3.72. The van der Waals surface area contributed by atoms with Gasteiger partial charge in [0.25, 0.3) is 11.6 Å². The van der Waals surface area contributed by atoms with Crippen molar-refractivity contribution in [1.29, 1.82) is 0 Å². The number of nitro benzene ring substituents is 1. The fraction of sp³-hybridized carbons (Fsp3) is 0.370. The summed E-state index contributed by atoms with van der Waals surface area (Å²) in [6.45, 7) is 8.33. The first-order valence-electron chi connectivity index (χ1n) is 12.2. The molecule has 1 heterocycles. The summed E-state index contributed by atoms with van der Waals surface area (Å²) in [7, 11) is 0. The lowest BCUT2D eigenvalue weighted by Crippen LogP contribution is -2.39. The van der Waals surface area contributed by atoms with Gasteiger partial charge < -0.3 is 10.2 Å². The zero-order valence-corrected chi connectivity index (χ0v) is 22.3. The number of benzene rings is 2. The summed E-state index contributed by atoms with van der Waals surface area (Å²) >= 11 is 6.42. The molecular formula is C27H32ClN5O4. The molecule has 2 aromatic carbocycles. The Kier molecular flexibility index (Phi) is 9.04. The zero-order chi connectivity index (χ0) is 27.2. The summed E-state index contributed by atoms with van der Waals surface area (Å²) in [4.78, 5) is 38.3. The zero-order valence-electron chi connectivity index (χ0n) is 21.5. The third kappa shape index (κ3) is 7.16. The van der Waals surface area contributed by atoms with Crippen LogP contribution in [0.2, 0.25) is 5.02 Å². The number of rotatable bonds is 10. The summed E-state index contributed by atoms with van der Waals surface area (Å²) in [5.41, 5.74) is 1.30. The smallest absolute Gasteiger partial charge is 0.269 e. The van der Waals surface area contributed by atoms with Crippen molar-refractivity contribution in [2.45, 2.75) is 52.4 Å². The second kappa shape index (κ2) is 12.0. The van der Waals surface area contributed by atoms with E-state index in [0.29, 0.717) is 23.1 Å². The average Bonchev–Trinajstić information content (AvgIpc) is 3.27. The molecule has 3 rings (SSSR count). The number of para-hydroxylation sites is 1. The minimum absolute atomic E-state index is 0.102. The molecule has 0 bridgehead atoms. The van der Waals surface area contributed by atoms with Crippen molar-refractivity contribution in [3.8, 4) is 5.69 Å². The van der Waals surface area contributed by atoms with E-state index in [-0.39, 0.29) is 35.0 Å². The molecule has 2 amide bonds. The Morgan fingerprint density at radius 1 is 1.11 bits per heavy atom. The van der Waals surface area contributed by atoms with Crippen LogP contribution in [0.3, 0.4) is 0 Å². The molecule has 1 N–H and O–H groups in total. The molecule has 0 spiro atoms. The number of anilines is 1. The number of halogens is 1. The number of amides is 2. The highest BCUT2D eigenvalue weighted by molar-refractivity contribution is 6.32. The second-order valence-corrected chi connectivity index (χ2v) is 10.2. The lowest BCUT2D eigenvalue weighted by molar-refractivity contribution is -0.384. The minimum atomic E-state index is -0.519. The summed E-state index contributed by atoms with van der Waals surface area (Å²) in [5, 5.41) is 19.0. The van der Waals surface area contributed by atoms with Crippen LogP contribution in [0.15, 0.2) is 54.6 Å². The highest BCUT2D eigenvalue weighted by atomic mass is 35.5. The third-order valence-corrected chi connectivity index (χ3v) is 6.12. The fourth-order valence-electron chi connectivity index (χ4n) is 3.71. The molecule has 1 aromatic heterocycles. The van der Waals surface area contributed by atoms with Crippen LogP contribution in [0, 0.1) is 10.1 Å². The molecule has 10 heteroatoms. The molecular weight excluding hydrogens is 494 g/mol. The maximum absolute atomic E-state index is 13.2. The predicted octanol–water partition coefficient (Wildman–Crippen LogP) is 6.00. The number of non-ortho nitro benzene ring substituents is 1. The number of carbonyl (C=O) groups is 2. The summed E-state index contributed by atoms with van der Waals surface area (Å²) in [6, 6.07) is 14.4. The standard InChI is InChI=1S/C27H32ClN5O4/c1-5-6-9-16-31(26(35)19-12-14-20(15-13-19)33(36)37)18-25(34)29-24-17-23(27(2,3)4)30-32(24)22-11-8-7-10-21(22)28/h7-8,10-15,17H,5-6,9,16,18H2,1-4H3,(H,29,34). The number of nitrogens with zero attached hydrogens (tertiary/aromatic N) is 4. The van der Waals surface area contributed by atoms with Gasteiger partial charge in [0, 0.05) is 35.7 Å². The molecule has 0 saturated heterocycles. The molecule has 9 nitrogen and oxygen atoms in total. The highest BCUT2D eigenvalue weighted by Gasteiger charge is 2.24. The molecule has 37 heavy (non-hydrogen) atoms. The maximum Gasteiger partial charge on any atom is 0.269 e. The van der Waals surface area contributed by atoms with Gasteiger partial charge in [-0.15, -0.1) is 0 Å². The number of carbonyl (C=O) groups excluding carboxylic acids is 2. The van der Waals surface area contributed by atoms with Crippen LogP contribution in [0.5, 0.6) is 0 Å². The van der Waals surface area contributed by atoms with Crippen molar-refractivity contribution in [1.82, 2.24) is 14.7 Å². The van der Waals surface area contributed by atoms with E-state index in [2.05, 4.69) is 12.2 Å². The first kappa shape index (κ1) is 27.9. The van der Waals surface area contributed by atoms with Crippen LogP contribution in [0.25, 0.3) is 5.69 Å². The van der Waals surface area contributed by atoms with Crippen molar-refractivity contribution in [2.75, 3.05) is 18.4 Å². The Bertz CT molecular complexity index is 1260. The molecule has 0 unspecified atom stereocenters. The van der Waals surface area contributed by atoms with Gasteiger partial charge in [-0.2, -0.15) is 5.10 Å². The van der Waals surface area contributed by atoms with E-state index in [9.17, 15) is 19.7 Å². The topological polar surface area (TPSA) is 110 Å². The predicted molar refractivity (Wildman–Crippen MR) is 144 cm³/mol. The van der Waals surface area contributed by atoms with Gasteiger partial charge in [-0.05, 0) is 30.7 Å². The molecule has 0 saturated carbocycles. The van der Waals surface area contributed by atoms with E-state index < -0.39 is 4.92 Å². The molecule has 0 atom stereocenters. The second-order valence-electron chi connectivity index (χ2n) is 9.81. The van der Waals surface area contributed by atoms with Crippen LogP contribution in [0.1, 0.15) is 63.0 Å². The summed E-state index contributed by atoms with van der Waals surface area (Å²) < 4.78 is 1.60. The molecule has 0 fully saturated rings. The van der Waals surface area contributed by atoms with Crippen LogP contribution >= 0.6 is 11.6 Å². The SMILES string of the molecule is CCCCCN(CC(=O)Nc1cc(C(C)(C)C)nn1-c1ccccc1Cl)C(=O)c1ccc([N+](=O)[O-])cc1. The van der Waals surface area contributed by atoms with Crippen LogP contribution < -0.4 is 5.32 Å². The largest absolute Gasteiger partial charge is 0.329 e. The van der Waals surface area contributed by atoms with Crippen LogP contribution in [-0.4, -0.2) is 44.5 Å². The van der Waals surface area contributed by atoms with Crippen LogP contribution in [-0.2, 0) is 10.2 Å². The molecule has 0 aliphatic rings. The van der Waals surface area contributed by atoms with Gasteiger partial charge >= 0.3 is 0 Å². The van der Waals surface area contributed by atoms with Gasteiger partial charge in [0.05, 0.1) is 21.3 Å². The van der Waals surface area contributed by atoms with Gasteiger partial charge in [0.2, 0.25) is 5.91 Å². The van der Waals surface area contributed by atoms with Crippen LogP contribution in [0.4, 0.5) is 11.5 Å².